The van der Waals surface area contributed by atoms with E-state index in [1.54, 1.807) is 4.90 Å². The number of thiocarbonyl (C=S) groups is 1. The van der Waals surface area contributed by atoms with Crippen LogP contribution in [0.1, 0.15) is 25.3 Å². The molecule has 2 fully saturated rings. The summed E-state index contributed by atoms with van der Waals surface area (Å²) >= 11 is 6.69. The van der Waals surface area contributed by atoms with Crippen molar-refractivity contribution in [1.29, 1.82) is 0 Å². The second-order valence-corrected chi connectivity index (χ2v) is 8.55. The Bertz CT molecular complexity index is 818. The Balaban J connectivity index is 1.49. The number of ether oxygens (including phenoxy) is 1. The average molecular weight is 432 g/mol. The molecular formula is C21H25N3O3S2. The maximum atomic E-state index is 12.7. The largest absolute Gasteiger partial charge is 0.379 e. The third-order valence-electron chi connectivity index (χ3n) is 4.51. The van der Waals surface area contributed by atoms with Gasteiger partial charge in [0.2, 0.25) is 5.91 Å². The molecule has 0 unspecified atom stereocenters. The van der Waals surface area contributed by atoms with Crippen molar-refractivity contribution in [3.63, 3.8) is 0 Å². The second kappa shape index (κ2) is 10.7. The molecule has 0 radical (unpaired) electrons. The number of nitrogens with one attached hydrogen (secondary N) is 1. The first-order valence-corrected chi connectivity index (χ1v) is 10.9. The molecule has 2 aliphatic heterocycles. The summed E-state index contributed by atoms with van der Waals surface area (Å²) in [6.45, 7) is 5.06. The quantitative estimate of drug-likeness (QED) is 0.529. The van der Waals surface area contributed by atoms with E-state index in [1.807, 2.05) is 54.4 Å². The molecule has 0 bridgehead atoms. The molecule has 6 nitrogen and oxygen atoms in total. The van der Waals surface area contributed by atoms with Gasteiger partial charge in [-0.3, -0.25) is 19.9 Å². The third-order valence-corrected chi connectivity index (χ3v) is 5.88. The summed E-state index contributed by atoms with van der Waals surface area (Å²) < 4.78 is 5.80. The molecule has 1 aromatic carbocycles. The first-order valence-electron chi connectivity index (χ1n) is 9.64. The van der Waals surface area contributed by atoms with Gasteiger partial charge in [0.25, 0.3) is 5.91 Å². The number of hydrogen-bond acceptors (Lipinski definition) is 6. The Morgan fingerprint density at radius 3 is 2.72 bits per heavy atom. The van der Waals surface area contributed by atoms with Crippen LogP contribution in [0.3, 0.4) is 0 Å². The van der Waals surface area contributed by atoms with E-state index in [2.05, 4.69) is 5.43 Å². The zero-order chi connectivity index (χ0) is 20.6. The number of nitrogens with zero attached hydrogens (tertiary/aromatic N) is 2. The van der Waals surface area contributed by atoms with E-state index in [0.717, 1.165) is 11.1 Å². The van der Waals surface area contributed by atoms with Gasteiger partial charge < -0.3 is 4.74 Å². The van der Waals surface area contributed by atoms with Crippen molar-refractivity contribution >= 4 is 46.2 Å². The van der Waals surface area contributed by atoms with E-state index in [4.69, 9.17) is 17.0 Å². The Hall–Kier alpha value is -2.00. The van der Waals surface area contributed by atoms with E-state index in [-0.39, 0.29) is 11.8 Å². The van der Waals surface area contributed by atoms with Crippen molar-refractivity contribution in [2.24, 2.45) is 0 Å². The van der Waals surface area contributed by atoms with E-state index >= 15 is 0 Å². The summed E-state index contributed by atoms with van der Waals surface area (Å²) in [5, 5.41) is 1.87. The number of rotatable bonds is 7. The molecule has 1 N–H and O–H groups in total. The number of hydrogen-bond donors (Lipinski definition) is 1. The zero-order valence-corrected chi connectivity index (χ0v) is 18.1. The molecular weight excluding hydrogens is 406 g/mol. The van der Waals surface area contributed by atoms with Gasteiger partial charge in [0, 0.05) is 26.1 Å². The monoisotopic (exact) mass is 431 g/mol. The molecule has 0 aliphatic carbocycles. The summed E-state index contributed by atoms with van der Waals surface area (Å²) in [4.78, 5) is 27.0. The Labute approximate surface area is 180 Å². The van der Waals surface area contributed by atoms with Crippen LogP contribution in [0.4, 0.5) is 0 Å². The van der Waals surface area contributed by atoms with E-state index in [0.29, 0.717) is 54.9 Å². The number of carbonyl (C=O) groups excluding carboxylic acids is 2. The van der Waals surface area contributed by atoms with Crippen molar-refractivity contribution in [3.8, 4) is 0 Å². The molecule has 0 atom stereocenters. The average Bonchev–Trinajstić information content (AvgIpc) is 2.96. The number of thioether (sulfide) groups is 1. The number of allylic oxidation sites excluding steroid dienone is 2. The number of amides is 2. The van der Waals surface area contributed by atoms with Gasteiger partial charge in [-0.05, 0) is 30.6 Å². The molecule has 0 saturated carbocycles. The van der Waals surface area contributed by atoms with Gasteiger partial charge in [-0.1, -0.05) is 60.4 Å². The van der Waals surface area contributed by atoms with Crippen molar-refractivity contribution in [3.05, 3.63) is 52.4 Å². The highest BCUT2D eigenvalue weighted by molar-refractivity contribution is 8.26. The predicted octanol–water partition coefficient (Wildman–Crippen LogP) is 2.98. The molecule has 2 saturated heterocycles. The molecule has 0 aromatic heterocycles. The lowest BCUT2D eigenvalue weighted by Crippen LogP contribution is -2.48. The van der Waals surface area contributed by atoms with Crippen LogP contribution in [0.2, 0.25) is 0 Å². The maximum absolute atomic E-state index is 12.7. The molecule has 3 rings (SSSR count). The normalized spacial score (nSPS) is 19.8. The van der Waals surface area contributed by atoms with Crippen LogP contribution < -0.4 is 5.43 Å². The Morgan fingerprint density at radius 1 is 1.28 bits per heavy atom. The fourth-order valence-electron chi connectivity index (χ4n) is 3.06. The van der Waals surface area contributed by atoms with Crippen LogP contribution >= 0.6 is 24.0 Å². The molecule has 29 heavy (non-hydrogen) atoms. The van der Waals surface area contributed by atoms with Crippen LogP contribution in [-0.4, -0.2) is 58.9 Å². The number of hydrazine groups is 1. The second-order valence-electron chi connectivity index (χ2n) is 6.87. The van der Waals surface area contributed by atoms with E-state index in [9.17, 15) is 9.59 Å². The molecule has 2 aliphatic rings. The van der Waals surface area contributed by atoms with Crippen molar-refractivity contribution in [2.75, 3.05) is 32.8 Å². The van der Waals surface area contributed by atoms with Crippen LogP contribution in [0.5, 0.6) is 0 Å². The third kappa shape index (κ3) is 6.50. The summed E-state index contributed by atoms with van der Waals surface area (Å²) in [7, 11) is 0. The predicted molar refractivity (Wildman–Crippen MR) is 120 cm³/mol. The minimum atomic E-state index is -0.0885. The van der Waals surface area contributed by atoms with Gasteiger partial charge in [-0.15, -0.1) is 0 Å². The van der Waals surface area contributed by atoms with E-state index in [1.165, 1.54) is 11.8 Å². The highest BCUT2D eigenvalue weighted by Crippen LogP contribution is 2.32. The van der Waals surface area contributed by atoms with Crippen LogP contribution in [-0.2, 0) is 14.3 Å². The highest BCUT2D eigenvalue weighted by Gasteiger charge is 2.31. The first-order chi connectivity index (χ1) is 14.0. The zero-order valence-electron chi connectivity index (χ0n) is 16.4. The van der Waals surface area contributed by atoms with Gasteiger partial charge >= 0.3 is 0 Å². The lowest BCUT2D eigenvalue weighted by Gasteiger charge is -2.27. The summed E-state index contributed by atoms with van der Waals surface area (Å²) in [6, 6.07) is 9.97. The van der Waals surface area contributed by atoms with Gasteiger partial charge in [0.15, 0.2) is 0 Å². The fraction of sp³-hybridized carbons (Fsp3) is 0.381. The minimum Gasteiger partial charge on any atom is -0.379 e. The molecule has 1 aromatic rings. The molecule has 2 amide bonds. The van der Waals surface area contributed by atoms with Crippen LogP contribution in [0.25, 0.3) is 6.08 Å². The topological polar surface area (TPSA) is 61.9 Å². The van der Waals surface area contributed by atoms with Crippen molar-refractivity contribution in [2.45, 2.75) is 19.8 Å². The SMILES string of the molecule is CC(=Cc1ccccc1)C=C1SC(=S)N(CCCC(=O)NN2CCOCC2)C1=O. The van der Waals surface area contributed by atoms with Crippen molar-refractivity contribution in [1.82, 2.24) is 15.3 Å². The number of morpholine rings is 1. The summed E-state index contributed by atoms with van der Waals surface area (Å²) in [5.74, 6) is -0.135. The van der Waals surface area contributed by atoms with Gasteiger partial charge in [0.05, 0.1) is 18.1 Å². The molecule has 154 valence electrons. The minimum absolute atomic E-state index is 0.0467. The van der Waals surface area contributed by atoms with Gasteiger partial charge in [0.1, 0.15) is 4.32 Å². The molecule has 0 spiro atoms. The number of benzene rings is 1. The Kier molecular flexibility index (Phi) is 8.00. The first kappa shape index (κ1) is 21.7. The molecule has 8 heteroatoms. The fourth-order valence-corrected chi connectivity index (χ4v) is 4.42. The standard InChI is InChI=1S/C21H25N3O3S2/c1-16(14-17-6-3-2-4-7-17)15-18-20(26)24(21(28)29-18)9-5-8-19(25)22-23-10-12-27-13-11-23/h2-4,6-7,14-15H,5,8-13H2,1H3,(H,22,25). The van der Waals surface area contributed by atoms with Crippen molar-refractivity contribution < 1.29 is 14.3 Å². The van der Waals surface area contributed by atoms with E-state index < -0.39 is 0 Å². The summed E-state index contributed by atoms with van der Waals surface area (Å²) in [6.07, 6.45) is 4.81. The smallest absolute Gasteiger partial charge is 0.266 e. The lowest BCUT2D eigenvalue weighted by atomic mass is 10.1. The van der Waals surface area contributed by atoms with Crippen LogP contribution in [0.15, 0.2) is 46.9 Å². The number of carbonyl (C=O) groups is 2. The molecule has 2 heterocycles. The van der Waals surface area contributed by atoms with Gasteiger partial charge in [-0.2, -0.15) is 0 Å². The van der Waals surface area contributed by atoms with Crippen LogP contribution in [0, 0.1) is 0 Å². The summed E-state index contributed by atoms with van der Waals surface area (Å²) in [5.41, 5.74) is 4.95. The highest BCUT2D eigenvalue weighted by atomic mass is 32.2. The lowest BCUT2D eigenvalue weighted by molar-refractivity contribution is -0.128. The Morgan fingerprint density at radius 2 is 2.00 bits per heavy atom. The van der Waals surface area contributed by atoms with Gasteiger partial charge in [-0.25, -0.2) is 5.01 Å². The maximum Gasteiger partial charge on any atom is 0.266 e.